The normalized spacial score (nSPS) is 13.9. The van der Waals surface area contributed by atoms with Crippen LogP contribution in [0.3, 0.4) is 0 Å². The molecule has 8 nitrogen and oxygen atoms in total. The zero-order chi connectivity index (χ0) is 20.6. The molecule has 1 aliphatic rings. The first-order valence-electron chi connectivity index (χ1n) is 9.75. The summed E-state index contributed by atoms with van der Waals surface area (Å²) in [5.41, 5.74) is 1.07. The number of carbonyl (C=O) groups is 2. The Morgan fingerprint density at radius 3 is 2.48 bits per heavy atom. The van der Waals surface area contributed by atoms with Gasteiger partial charge < -0.3 is 19.4 Å². The number of carbonyl (C=O) groups excluding carboxylic acids is 2. The molecule has 2 heterocycles. The maximum absolute atomic E-state index is 12.7. The van der Waals surface area contributed by atoms with Crippen molar-refractivity contribution < 1.29 is 14.3 Å². The lowest BCUT2D eigenvalue weighted by atomic mass is 10.1. The van der Waals surface area contributed by atoms with Crippen molar-refractivity contribution >= 4 is 17.8 Å². The van der Waals surface area contributed by atoms with Gasteiger partial charge in [-0.1, -0.05) is 12.1 Å². The first-order valence-corrected chi connectivity index (χ1v) is 9.75. The number of piperazine rings is 1. The summed E-state index contributed by atoms with van der Waals surface area (Å²) >= 11 is 0. The Morgan fingerprint density at radius 2 is 1.83 bits per heavy atom. The number of ether oxygens (including phenoxy) is 1. The van der Waals surface area contributed by atoms with Crippen LogP contribution < -0.4 is 9.64 Å². The van der Waals surface area contributed by atoms with E-state index < -0.39 is 0 Å². The molecule has 1 aromatic carbocycles. The fourth-order valence-electron chi connectivity index (χ4n) is 3.31. The number of aromatic nitrogens is 2. The zero-order valence-electron chi connectivity index (χ0n) is 17.0. The van der Waals surface area contributed by atoms with Gasteiger partial charge in [0.25, 0.3) is 0 Å². The summed E-state index contributed by atoms with van der Waals surface area (Å²) in [7, 11) is 1.63. The molecule has 1 saturated heterocycles. The Kier molecular flexibility index (Phi) is 6.99. The molecule has 0 unspecified atom stereocenters. The topological polar surface area (TPSA) is 78.9 Å². The Labute approximate surface area is 171 Å². The third-order valence-corrected chi connectivity index (χ3v) is 5.04. The van der Waals surface area contributed by atoms with Crippen LogP contribution in [0.1, 0.15) is 12.5 Å². The van der Waals surface area contributed by atoms with E-state index in [2.05, 4.69) is 14.9 Å². The van der Waals surface area contributed by atoms with Crippen LogP contribution in [0, 0.1) is 0 Å². The van der Waals surface area contributed by atoms with Crippen molar-refractivity contribution in [2.75, 3.05) is 51.3 Å². The molecular weight excluding hydrogens is 370 g/mol. The summed E-state index contributed by atoms with van der Waals surface area (Å²) in [5, 5.41) is 0. The Hall–Kier alpha value is -3.16. The van der Waals surface area contributed by atoms with Crippen molar-refractivity contribution in [2.24, 2.45) is 0 Å². The van der Waals surface area contributed by atoms with E-state index in [-0.39, 0.29) is 18.4 Å². The standard InChI is InChI=1S/C21H27N5O3/c1-17(27)26(10-7-18-5-3-6-19(15-18)29-2)16-20(28)24-11-13-25(14-12-24)21-22-8-4-9-23-21/h3-6,8-9,15H,7,10-14,16H2,1-2H3. The van der Waals surface area contributed by atoms with E-state index in [1.165, 1.54) is 6.92 Å². The molecular formula is C21H27N5O3. The Morgan fingerprint density at radius 1 is 1.10 bits per heavy atom. The van der Waals surface area contributed by atoms with Crippen molar-refractivity contribution in [3.63, 3.8) is 0 Å². The SMILES string of the molecule is COc1cccc(CCN(CC(=O)N2CCN(c3ncccn3)CC2)C(C)=O)c1. The second-order valence-corrected chi connectivity index (χ2v) is 6.96. The van der Waals surface area contributed by atoms with Crippen molar-refractivity contribution in [3.8, 4) is 5.75 Å². The van der Waals surface area contributed by atoms with Gasteiger partial charge in [-0.15, -0.1) is 0 Å². The van der Waals surface area contributed by atoms with Crippen molar-refractivity contribution in [1.82, 2.24) is 19.8 Å². The molecule has 154 valence electrons. The molecule has 2 amide bonds. The monoisotopic (exact) mass is 397 g/mol. The van der Waals surface area contributed by atoms with Gasteiger partial charge in [-0.25, -0.2) is 9.97 Å². The van der Waals surface area contributed by atoms with Crippen LogP contribution in [0.2, 0.25) is 0 Å². The van der Waals surface area contributed by atoms with E-state index in [1.54, 1.807) is 35.4 Å². The molecule has 0 spiro atoms. The summed E-state index contributed by atoms with van der Waals surface area (Å²) in [6, 6.07) is 9.53. The molecule has 0 aliphatic carbocycles. The minimum atomic E-state index is -0.0995. The number of anilines is 1. The number of rotatable bonds is 7. The van der Waals surface area contributed by atoms with Crippen molar-refractivity contribution in [3.05, 3.63) is 48.3 Å². The summed E-state index contributed by atoms with van der Waals surface area (Å²) in [5.74, 6) is 1.34. The van der Waals surface area contributed by atoms with E-state index in [4.69, 9.17) is 4.74 Å². The fraction of sp³-hybridized carbons (Fsp3) is 0.429. The Balaban J connectivity index is 1.51. The number of amides is 2. The van der Waals surface area contributed by atoms with Gasteiger partial charge in [-0.2, -0.15) is 0 Å². The molecule has 1 aromatic heterocycles. The minimum Gasteiger partial charge on any atom is -0.497 e. The highest BCUT2D eigenvalue weighted by molar-refractivity contribution is 5.84. The van der Waals surface area contributed by atoms with Gasteiger partial charge in [0.1, 0.15) is 5.75 Å². The van der Waals surface area contributed by atoms with E-state index in [0.29, 0.717) is 45.1 Å². The average Bonchev–Trinajstić information content (AvgIpc) is 2.77. The molecule has 8 heteroatoms. The summed E-state index contributed by atoms with van der Waals surface area (Å²) in [6.45, 7) is 4.65. The van der Waals surface area contributed by atoms with Crippen LogP contribution in [0.4, 0.5) is 5.95 Å². The predicted molar refractivity (Wildman–Crippen MR) is 110 cm³/mol. The molecule has 0 bridgehead atoms. The highest BCUT2D eigenvalue weighted by Gasteiger charge is 2.24. The van der Waals surface area contributed by atoms with Crippen LogP contribution >= 0.6 is 0 Å². The maximum atomic E-state index is 12.7. The third kappa shape index (κ3) is 5.66. The quantitative estimate of drug-likeness (QED) is 0.699. The summed E-state index contributed by atoms with van der Waals surface area (Å²) in [6.07, 6.45) is 4.10. The zero-order valence-corrected chi connectivity index (χ0v) is 17.0. The summed E-state index contributed by atoms with van der Waals surface area (Å²) in [4.78, 5) is 38.8. The molecule has 2 aromatic rings. The van der Waals surface area contributed by atoms with E-state index in [0.717, 1.165) is 11.3 Å². The number of nitrogens with zero attached hydrogens (tertiary/aromatic N) is 5. The van der Waals surface area contributed by atoms with E-state index in [1.807, 2.05) is 24.3 Å². The second kappa shape index (κ2) is 9.86. The fourth-order valence-corrected chi connectivity index (χ4v) is 3.31. The van der Waals surface area contributed by atoms with Crippen LogP contribution in [-0.2, 0) is 16.0 Å². The highest BCUT2D eigenvalue weighted by Crippen LogP contribution is 2.14. The van der Waals surface area contributed by atoms with Gasteiger partial charge in [0, 0.05) is 52.0 Å². The van der Waals surface area contributed by atoms with Crippen LogP contribution in [-0.4, -0.2) is 78.0 Å². The largest absolute Gasteiger partial charge is 0.497 e. The van der Waals surface area contributed by atoms with Crippen molar-refractivity contribution in [1.29, 1.82) is 0 Å². The number of hydrogen-bond donors (Lipinski definition) is 0. The van der Waals surface area contributed by atoms with Gasteiger partial charge >= 0.3 is 0 Å². The lowest BCUT2D eigenvalue weighted by Gasteiger charge is -2.35. The van der Waals surface area contributed by atoms with Gasteiger partial charge in [-0.05, 0) is 30.2 Å². The van der Waals surface area contributed by atoms with Gasteiger partial charge in [-0.3, -0.25) is 9.59 Å². The molecule has 0 N–H and O–H groups in total. The van der Waals surface area contributed by atoms with Crippen LogP contribution in [0.25, 0.3) is 0 Å². The van der Waals surface area contributed by atoms with Crippen molar-refractivity contribution in [2.45, 2.75) is 13.3 Å². The van der Waals surface area contributed by atoms with Gasteiger partial charge in [0.2, 0.25) is 17.8 Å². The first-order chi connectivity index (χ1) is 14.1. The Bertz CT molecular complexity index is 822. The lowest BCUT2D eigenvalue weighted by molar-refractivity contribution is -0.139. The second-order valence-electron chi connectivity index (χ2n) is 6.96. The first kappa shape index (κ1) is 20.6. The van der Waals surface area contributed by atoms with E-state index >= 15 is 0 Å². The number of hydrogen-bond acceptors (Lipinski definition) is 6. The molecule has 29 heavy (non-hydrogen) atoms. The molecule has 0 saturated carbocycles. The van der Waals surface area contributed by atoms with E-state index in [9.17, 15) is 9.59 Å². The van der Waals surface area contributed by atoms with Crippen LogP contribution in [0.5, 0.6) is 5.75 Å². The lowest BCUT2D eigenvalue weighted by Crippen LogP contribution is -2.52. The average molecular weight is 397 g/mol. The molecule has 1 fully saturated rings. The minimum absolute atomic E-state index is 0.0283. The number of benzene rings is 1. The smallest absolute Gasteiger partial charge is 0.242 e. The molecule has 0 atom stereocenters. The number of methoxy groups -OCH3 is 1. The summed E-state index contributed by atoms with van der Waals surface area (Å²) < 4.78 is 5.24. The van der Waals surface area contributed by atoms with Gasteiger partial charge in [0.05, 0.1) is 13.7 Å². The third-order valence-electron chi connectivity index (χ3n) is 5.04. The van der Waals surface area contributed by atoms with Gasteiger partial charge in [0.15, 0.2) is 0 Å². The molecule has 3 rings (SSSR count). The van der Waals surface area contributed by atoms with Crippen LogP contribution in [0.15, 0.2) is 42.7 Å². The molecule has 1 aliphatic heterocycles. The maximum Gasteiger partial charge on any atom is 0.242 e. The predicted octanol–water partition coefficient (Wildman–Crippen LogP) is 1.22. The molecule has 0 radical (unpaired) electrons. The highest BCUT2D eigenvalue weighted by atomic mass is 16.5.